The molecule has 1 aliphatic rings. The largest absolute Gasteiger partial charge is 0.370 e. The van der Waals surface area contributed by atoms with Gasteiger partial charge in [0.25, 0.3) is 0 Å². The zero-order valence-electron chi connectivity index (χ0n) is 12.0. The molecular formula is C13H23N7. The second-order valence-corrected chi connectivity index (χ2v) is 4.77. The van der Waals surface area contributed by atoms with Crippen LogP contribution in [-0.2, 0) is 0 Å². The van der Waals surface area contributed by atoms with Crippen molar-refractivity contribution in [2.75, 3.05) is 51.2 Å². The third-order valence-corrected chi connectivity index (χ3v) is 3.41. The lowest BCUT2D eigenvalue weighted by Crippen LogP contribution is -2.47. The highest BCUT2D eigenvalue weighted by Gasteiger charge is 2.17. The fraction of sp³-hybridized carbons (Fsp3) is 0.615. The molecule has 0 unspecified atom stereocenters. The SMILES string of the molecule is CN=C(N)NCCCN1CCN(c2ncccn2)CC1. The molecule has 2 heterocycles. The smallest absolute Gasteiger partial charge is 0.225 e. The lowest BCUT2D eigenvalue weighted by molar-refractivity contribution is 0.254. The summed E-state index contributed by atoms with van der Waals surface area (Å²) in [5, 5.41) is 3.08. The Hall–Kier alpha value is -1.89. The first-order valence-electron chi connectivity index (χ1n) is 7.00. The molecule has 0 radical (unpaired) electrons. The minimum Gasteiger partial charge on any atom is -0.370 e. The van der Waals surface area contributed by atoms with Crippen molar-refractivity contribution in [3.8, 4) is 0 Å². The summed E-state index contributed by atoms with van der Waals surface area (Å²) in [4.78, 5) is 17.1. The van der Waals surface area contributed by atoms with E-state index in [9.17, 15) is 0 Å². The minimum atomic E-state index is 0.510. The van der Waals surface area contributed by atoms with Gasteiger partial charge in [0.15, 0.2) is 5.96 Å². The van der Waals surface area contributed by atoms with Crippen molar-refractivity contribution in [1.82, 2.24) is 20.2 Å². The second kappa shape index (κ2) is 7.64. The van der Waals surface area contributed by atoms with Gasteiger partial charge in [-0.05, 0) is 19.0 Å². The molecule has 0 saturated carbocycles. The molecule has 1 saturated heterocycles. The van der Waals surface area contributed by atoms with Gasteiger partial charge in [-0.15, -0.1) is 0 Å². The number of hydrogen-bond acceptors (Lipinski definition) is 5. The predicted molar refractivity (Wildman–Crippen MR) is 80.9 cm³/mol. The molecule has 3 N–H and O–H groups in total. The number of aliphatic imine (C=N–C) groups is 1. The van der Waals surface area contributed by atoms with Gasteiger partial charge >= 0.3 is 0 Å². The van der Waals surface area contributed by atoms with E-state index in [2.05, 4.69) is 30.1 Å². The summed E-state index contributed by atoms with van der Waals surface area (Å²) in [6, 6.07) is 1.85. The maximum absolute atomic E-state index is 5.58. The monoisotopic (exact) mass is 277 g/mol. The number of rotatable bonds is 5. The first kappa shape index (κ1) is 14.5. The molecule has 1 fully saturated rings. The molecular weight excluding hydrogens is 254 g/mol. The fourth-order valence-electron chi connectivity index (χ4n) is 2.22. The maximum Gasteiger partial charge on any atom is 0.225 e. The number of aromatic nitrogens is 2. The first-order chi connectivity index (χ1) is 9.79. The van der Waals surface area contributed by atoms with Crippen LogP contribution in [-0.4, -0.2) is 67.1 Å². The molecule has 110 valence electrons. The highest BCUT2D eigenvalue weighted by Crippen LogP contribution is 2.09. The van der Waals surface area contributed by atoms with E-state index in [1.165, 1.54) is 0 Å². The summed E-state index contributed by atoms with van der Waals surface area (Å²) < 4.78 is 0. The van der Waals surface area contributed by atoms with Gasteiger partial charge in [0.2, 0.25) is 5.95 Å². The van der Waals surface area contributed by atoms with Crippen LogP contribution < -0.4 is 16.0 Å². The van der Waals surface area contributed by atoms with Crippen LogP contribution >= 0.6 is 0 Å². The van der Waals surface area contributed by atoms with Crippen LogP contribution in [0.5, 0.6) is 0 Å². The van der Waals surface area contributed by atoms with Crippen LogP contribution in [0.2, 0.25) is 0 Å². The van der Waals surface area contributed by atoms with Crippen molar-refractivity contribution in [2.45, 2.75) is 6.42 Å². The third-order valence-electron chi connectivity index (χ3n) is 3.41. The molecule has 0 atom stereocenters. The standard InChI is InChI=1S/C13H23N7/c1-15-12(14)16-6-3-7-19-8-10-20(11-9-19)13-17-4-2-5-18-13/h2,4-5H,3,6-11H2,1H3,(H3,14,15,16). The Labute approximate surface area is 119 Å². The average Bonchev–Trinajstić information content (AvgIpc) is 2.52. The number of hydrogen-bond donors (Lipinski definition) is 2. The van der Waals surface area contributed by atoms with E-state index in [0.717, 1.165) is 51.6 Å². The molecule has 1 aliphatic heterocycles. The summed E-state index contributed by atoms with van der Waals surface area (Å²) >= 11 is 0. The molecule has 7 heteroatoms. The number of nitrogens with one attached hydrogen (secondary N) is 1. The number of guanidine groups is 1. The zero-order chi connectivity index (χ0) is 14.2. The topological polar surface area (TPSA) is 82.7 Å². The summed E-state index contributed by atoms with van der Waals surface area (Å²) in [5.74, 6) is 1.34. The Bertz CT molecular complexity index is 412. The maximum atomic E-state index is 5.58. The van der Waals surface area contributed by atoms with Gasteiger partial charge in [-0.3, -0.25) is 9.89 Å². The van der Waals surface area contributed by atoms with E-state index in [1.807, 2.05) is 6.07 Å². The Morgan fingerprint density at radius 2 is 2.00 bits per heavy atom. The molecule has 2 rings (SSSR count). The Morgan fingerprint density at radius 1 is 1.30 bits per heavy atom. The Balaban J connectivity index is 1.65. The third kappa shape index (κ3) is 4.34. The molecule has 20 heavy (non-hydrogen) atoms. The highest BCUT2D eigenvalue weighted by molar-refractivity contribution is 5.77. The first-order valence-corrected chi connectivity index (χ1v) is 7.00. The number of anilines is 1. The van der Waals surface area contributed by atoms with Gasteiger partial charge in [-0.25, -0.2) is 9.97 Å². The van der Waals surface area contributed by atoms with Gasteiger partial charge in [-0.1, -0.05) is 0 Å². The number of piperazine rings is 1. The normalized spacial score (nSPS) is 17.2. The molecule has 0 aliphatic carbocycles. The minimum absolute atomic E-state index is 0.510. The molecule has 0 bridgehead atoms. The van der Waals surface area contributed by atoms with Crippen molar-refractivity contribution in [3.05, 3.63) is 18.5 Å². The van der Waals surface area contributed by atoms with Gasteiger partial charge in [0, 0.05) is 52.2 Å². The van der Waals surface area contributed by atoms with Crippen molar-refractivity contribution < 1.29 is 0 Å². The van der Waals surface area contributed by atoms with E-state index in [4.69, 9.17) is 5.73 Å². The van der Waals surface area contributed by atoms with Crippen LogP contribution in [0.15, 0.2) is 23.5 Å². The summed E-state index contributed by atoms with van der Waals surface area (Å²) in [6.45, 7) is 6.01. The molecule has 0 spiro atoms. The molecule has 7 nitrogen and oxygen atoms in total. The van der Waals surface area contributed by atoms with Gasteiger partial charge < -0.3 is 16.0 Å². The Kier molecular flexibility index (Phi) is 5.55. The van der Waals surface area contributed by atoms with Crippen LogP contribution in [0.25, 0.3) is 0 Å². The average molecular weight is 277 g/mol. The van der Waals surface area contributed by atoms with Crippen molar-refractivity contribution in [2.24, 2.45) is 10.7 Å². The van der Waals surface area contributed by atoms with E-state index < -0.39 is 0 Å². The summed E-state index contributed by atoms with van der Waals surface area (Å²) in [7, 11) is 1.69. The summed E-state index contributed by atoms with van der Waals surface area (Å²) in [6.07, 6.45) is 4.65. The van der Waals surface area contributed by atoms with Crippen molar-refractivity contribution in [1.29, 1.82) is 0 Å². The van der Waals surface area contributed by atoms with Crippen molar-refractivity contribution >= 4 is 11.9 Å². The van der Waals surface area contributed by atoms with Gasteiger partial charge in [-0.2, -0.15) is 0 Å². The second-order valence-electron chi connectivity index (χ2n) is 4.77. The van der Waals surface area contributed by atoms with E-state index in [-0.39, 0.29) is 0 Å². The van der Waals surface area contributed by atoms with Gasteiger partial charge in [0.05, 0.1) is 0 Å². The highest BCUT2D eigenvalue weighted by atomic mass is 15.3. The lowest BCUT2D eigenvalue weighted by atomic mass is 10.3. The summed E-state index contributed by atoms with van der Waals surface area (Å²) in [5.41, 5.74) is 5.58. The number of nitrogens with two attached hydrogens (primary N) is 1. The van der Waals surface area contributed by atoms with E-state index in [0.29, 0.717) is 5.96 Å². The van der Waals surface area contributed by atoms with Crippen LogP contribution in [0.1, 0.15) is 6.42 Å². The van der Waals surface area contributed by atoms with Crippen molar-refractivity contribution in [3.63, 3.8) is 0 Å². The number of nitrogens with zero attached hydrogens (tertiary/aromatic N) is 5. The van der Waals surface area contributed by atoms with Crippen LogP contribution in [0, 0.1) is 0 Å². The molecule has 1 aromatic heterocycles. The van der Waals surface area contributed by atoms with Crippen LogP contribution in [0.4, 0.5) is 5.95 Å². The lowest BCUT2D eigenvalue weighted by Gasteiger charge is -2.34. The Morgan fingerprint density at radius 3 is 2.65 bits per heavy atom. The predicted octanol–water partition coefficient (Wildman–Crippen LogP) is -0.477. The molecule has 0 aromatic carbocycles. The molecule has 1 aromatic rings. The van der Waals surface area contributed by atoms with E-state index >= 15 is 0 Å². The fourth-order valence-corrected chi connectivity index (χ4v) is 2.22. The van der Waals surface area contributed by atoms with Crippen LogP contribution in [0.3, 0.4) is 0 Å². The van der Waals surface area contributed by atoms with E-state index in [1.54, 1.807) is 19.4 Å². The molecule has 0 amide bonds. The quantitative estimate of drug-likeness (QED) is 0.430. The van der Waals surface area contributed by atoms with Gasteiger partial charge in [0.1, 0.15) is 0 Å². The zero-order valence-corrected chi connectivity index (χ0v) is 12.0.